The summed E-state index contributed by atoms with van der Waals surface area (Å²) in [6, 6.07) is 0.504. The Balaban J connectivity index is 2.46. The number of amides is 1. The van der Waals surface area contributed by atoms with Crippen LogP contribution < -0.4 is 5.32 Å². The van der Waals surface area contributed by atoms with Gasteiger partial charge in [-0.3, -0.25) is 4.79 Å². The molecule has 70 valence electrons. The molecular weight excluding hydrogens is 152 g/mol. The van der Waals surface area contributed by atoms with Gasteiger partial charge in [0.2, 0.25) is 5.91 Å². The van der Waals surface area contributed by atoms with E-state index in [-0.39, 0.29) is 11.9 Å². The van der Waals surface area contributed by atoms with E-state index in [1.807, 2.05) is 25.8 Å². The second-order valence-corrected chi connectivity index (χ2v) is 3.37. The van der Waals surface area contributed by atoms with E-state index in [0.717, 1.165) is 6.54 Å². The Labute approximate surface area is 74.1 Å². The van der Waals surface area contributed by atoms with Crippen LogP contribution in [0.3, 0.4) is 0 Å². The zero-order chi connectivity index (χ0) is 9.14. The third-order valence-electron chi connectivity index (χ3n) is 2.41. The summed E-state index contributed by atoms with van der Waals surface area (Å²) >= 11 is 0. The second-order valence-electron chi connectivity index (χ2n) is 3.37. The first-order chi connectivity index (χ1) is 5.70. The molecule has 0 radical (unpaired) electrons. The van der Waals surface area contributed by atoms with Gasteiger partial charge in [0.25, 0.3) is 0 Å². The maximum Gasteiger partial charge on any atom is 0.239 e. The van der Waals surface area contributed by atoms with Crippen LogP contribution in [0.25, 0.3) is 0 Å². The van der Waals surface area contributed by atoms with Gasteiger partial charge in [-0.1, -0.05) is 0 Å². The first-order valence-corrected chi connectivity index (χ1v) is 4.68. The lowest BCUT2D eigenvalue weighted by molar-refractivity contribution is -0.133. The van der Waals surface area contributed by atoms with Gasteiger partial charge in [0.1, 0.15) is 0 Å². The molecular formula is C9H18N2O. The maximum atomic E-state index is 11.7. The minimum absolute atomic E-state index is 0.0365. The molecule has 1 unspecified atom stereocenters. The summed E-state index contributed by atoms with van der Waals surface area (Å²) < 4.78 is 0. The third-order valence-corrected chi connectivity index (χ3v) is 2.41. The normalized spacial score (nSPS) is 18.9. The van der Waals surface area contributed by atoms with E-state index in [0.29, 0.717) is 6.04 Å². The summed E-state index contributed by atoms with van der Waals surface area (Å²) in [6.07, 6.45) is 2.38. The van der Waals surface area contributed by atoms with Crippen LogP contribution >= 0.6 is 0 Å². The van der Waals surface area contributed by atoms with Crippen LogP contribution in [-0.4, -0.2) is 36.5 Å². The molecule has 3 heteroatoms. The molecule has 1 saturated carbocycles. The van der Waals surface area contributed by atoms with Crippen LogP contribution in [0.15, 0.2) is 0 Å². The van der Waals surface area contributed by atoms with Gasteiger partial charge in [-0.25, -0.2) is 0 Å². The van der Waals surface area contributed by atoms with Gasteiger partial charge in [0.05, 0.1) is 6.04 Å². The smallest absolute Gasteiger partial charge is 0.239 e. The number of carbonyl (C=O) groups is 1. The molecule has 0 aliphatic heterocycles. The SMILES string of the molecule is CCN(C(=O)C(C)NC)C1CC1. The van der Waals surface area contributed by atoms with Crippen molar-refractivity contribution in [2.75, 3.05) is 13.6 Å². The highest BCUT2D eigenvalue weighted by Crippen LogP contribution is 2.26. The molecule has 0 saturated heterocycles. The fourth-order valence-corrected chi connectivity index (χ4v) is 1.35. The topological polar surface area (TPSA) is 32.3 Å². The lowest BCUT2D eigenvalue weighted by Gasteiger charge is -2.23. The predicted molar refractivity (Wildman–Crippen MR) is 48.9 cm³/mol. The number of carbonyl (C=O) groups excluding carboxylic acids is 1. The van der Waals surface area contributed by atoms with Gasteiger partial charge in [0, 0.05) is 12.6 Å². The molecule has 1 rings (SSSR count). The lowest BCUT2D eigenvalue weighted by Crippen LogP contribution is -2.44. The van der Waals surface area contributed by atoms with E-state index in [4.69, 9.17) is 0 Å². The summed E-state index contributed by atoms with van der Waals surface area (Å²) in [5, 5.41) is 2.97. The Morgan fingerprint density at radius 1 is 1.67 bits per heavy atom. The molecule has 1 amide bonds. The Morgan fingerprint density at radius 3 is 2.58 bits per heavy atom. The number of hydrogen-bond acceptors (Lipinski definition) is 2. The monoisotopic (exact) mass is 170 g/mol. The molecule has 0 aromatic carbocycles. The summed E-state index contributed by atoms with van der Waals surface area (Å²) in [7, 11) is 1.82. The van der Waals surface area contributed by atoms with Gasteiger partial charge in [0.15, 0.2) is 0 Å². The Hall–Kier alpha value is -0.570. The standard InChI is InChI=1S/C9H18N2O/c1-4-11(8-5-6-8)9(12)7(2)10-3/h7-8,10H,4-6H2,1-3H3. The zero-order valence-electron chi connectivity index (χ0n) is 8.13. The summed E-state index contributed by atoms with van der Waals surface area (Å²) in [4.78, 5) is 13.6. The van der Waals surface area contributed by atoms with E-state index in [9.17, 15) is 4.79 Å². The Bertz CT molecular complexity index is 166. The maximum absolute atomic E-state index is 11.7. The largest absolute Gasteiger partial charge is 0.339 e. The van der Waals surface area contributed by atoms with E-state index in [1.54, 1.807) is 0 Å². The molecule has 0 bridgehead atoms. The van der Waals surface area contributed by atoms with Crippen molar-refractivity contribution in [1.82, 2.24) is 10.2 Å². The van der Waals surface area contributed by atoms with Crippen LogP contribution in [0.4, 0.5) is 0 Å². The number of rotatable bonds is 4. The van der Waals surface area contributed by atoms with Crippen LogP contribution in [0.5, 0.6) is 0 Å². The Kier molecular flexibility index (Phi) is 3.09. The van der Waals surface area contributed by atoms with Crippen LogP contribution in [0, 0.1) is 0 Å². The number of hydrogen-bond donors (Lipinski definition) is 1. The zero-order valence-corrected chi connectivity index (χ0v) is 8.13. The molecule has 3 nitrogen and oxygen atoms in total. The van der Waals surface area contributed by atoms with Crippen molar-refractivity contribution in [2.24, 2.45) is 0 Å². The quantitative estimate of drug-likeness (QED) is 0.670. The van der Waals surface area contributed by atoms with Crippen molar-refractivity contribution in [3.05, 3.63) is 0 Å². The van der Waals surface area contributed by atoms with Crippen molar-refractivity contribution in [1.29, 1.82) is 0 Å². The molecule has 1 atom stereocenters. The summed E-state index contributed by atoms with van der Waals surface area (Å²) in [5.41, 5.74) is 0. The third kappa shape index (κ3) is 1.97. The van der Waals surface area contributed by atoms with Crippen LogP contribution in [0.1, 0.15) is 26.7 Å². The molecule has 1 aliphatic rings. The van der Waals surface area contributed by atoms with E-state index in [2.05, 4.69) is 5.32 Å². The summed E-state index contributed by atoms with van der Waals surface area (Å²) in [5.74, 6) is 0.238. The van der Waals surface area contributed by atoms with Gasteiger partial charge in [-0.15, -0.1) is 0 Å². The van der Waals surface area contributed by atoms with Crippen molar-refractivity contribution < 1.29 is 4.79 Å². The molecule has 0 aromatic rings. The number of nitrogens with zero attached hydrogens (tertiary/aromatic N) is 1. The molecule has 0 spiro atoms. The minimum atomic E-state index is -0.0365. The second kappa shape index (κ2) is 3.90. The summed E-state index contributed by atoms with van der Waals surface area (Å²) in [6.45, 7) is 4.79. The molecule has 1 aliphatic carbocycles. The highest BCUT2D eigenvalue weighted by Gasteiger charge is 2.32. The minimum Gasteiger partial charge on any atom is -0.339 e. The predicted octanol–water partition coefficient (Wildman–Crippen LogP) is 0.605. The van der Waals surface area contributed by atoms with Crippen molar-refractivity contribution in [3.8, 4) is 0 Å². The van der Waals surface area contributed by atoms with Crippen LogP contribution in [0.2, 0.25) is 0 Å². The van der Waals surface area contributed by atoms with Crippen molar-refractivity contribution >= 4 is 5.91 Å². The fourth-order valence-electron chi connectivity index (χ4n) is 1.35. The molecule has 12 heavy (non-hydrogen) atoms. The van der Waals surface area contributed by atoms with E-state index in [1.165, 1.54) is 12.8 Å². The Morgan fingerprint density at radius 2 is 2.25 bits per heavy atom. The van der Waals surface area contributed by atoms with E-state index < -0.39 is 0 Å². The van der Waals surface area contributed by atoms with Gasteiger partial charge in [-0.2, -0.15) is 0 Å². The lowest BCUT2D eigenvalue weighted by atomic mass is 10.3. The highest BCUT2D eigenvalue weighted by atomic mass is 16.2. The molecule has 1 fully saturated rings. The molecule has 0 aromatic heterocycles. The highest BCUT2D eigenvalue weighted by molar-refractivity contribution is 5.82. The number of likely N-dealkylation sites (N-methyl/N-ethyl adjacent to an activating group) is 2. The van der Waals surface area contributed by atoms with Crippen molar-refractivity contribution in [2.45, 2.75) is 38.8 Å². The fraction of sp³-hybridized carbons (Fsp3) is 0.889. The first-order valence-electron chi connectivity index (χ1n) is 4.68. The first kappa shape index (κ1) is 9.52. The van der Waals surface area contributed by atoms with Gasteiger partial charge >= 0.3 is 0 Å². The average molecular weight is 170 g/mol. The molecule has 1 N–H and O–H groups in total. The van der Waals surface area contributed by atoms with Crippen LogP contribution in [-0.2, 0) is 4.79 Å². The molecule has 0 heterocycles. The van der Waals surface area contributed by atoms with Crippen molar-refractivity contribution in [3.63, 3.8) is 0 Å². The van der Waals surface area contributed by atoms with Gasteiger partial charge < -0.3 is 10.2 Å². The number of nitrogens with one attached hydrogen (secondary N) is 1. The van der Waals surface area contributed by atoms with E-state index >= 15 is 0 Å². The van der Waals surface area contributed by atoms with Gasteiger partial charge in [-0.05, 0) is 33.7 Å². The average Bonchev–Trinajstić information content (AvgIpc) is 2.88.